The van der Waals surface area contributed by atoms with Crippen molar-refractivity contribution in [2.24, 2.45) is 0 Å². The van der Waals surface area contributed by atoms with Crippen LogP contribution in [0.4, 0.5) is 13.2 Å². The number of rotatable bonds is 8. The summed E-state index contributed by atoms with van der Waals surface area (Å²) in [6.07, 6.45) is -4.78. The Hall–Kier alpha value is -3.48. The Kier molecular flexibility index (Phi) is 7.10. The van der Waals surface area contributed by atoms with E-state index >= 15 is 0 Å². The van der Waals surface area contributed by atoms with Gasteiger partial charge >= 0.3 is 6.36 Å². The molecule has 0 fully saturated rings. The second kappa shape index (κ2) is 10.2. The SMILES string of the molecule is CCN(Cc1ccc2c(c1)OCCO2)C(=O)CSc1nnnn1-c1ccc(OC(F)(F)F)cc1. The van der Waals surface area contributed by atoms with Gasteiger partial charge in [-0.25, -0.2) is 0 Å². The van der Waals surface area contributed by atoms with Crippen LogP contribution < -0.4 is 14.2 Å². The van der Waals surface area contributed by atoms with Crippen LogP contribution in [0.1, 0.15) is 12.5 Å². The number of tetrazole rings is 1. The topological polar surface area (TPSA) is 91.6 Å². The molecule has 13 heteroatoms. The van der Waals surface area contributed by atoms with Crippen LogP contribution in [0.2, 0.25) is 0 Å². The summed E-state index contributed by atoms with van der Waals surface area (Å²) < 4.78 is 53.4. The van der Waals surface area contributed by atoms with E-state index in [1.807, 2.05) is 25.1 Å². The molecule has 0 atom stereocenters. The maximum absolute atomic E-state index is 12.8. The molecule has 1 aliphatic rings. The van der Waals surface area contributed by atoms with Gasteiger partial charge in [0.15, 0.2) is 11.5 Å². The van der Waals surface area contributed by atoms with E-state index in [9.17, 15) is 18.0 Å². The first kappa shape index (κ1) is 23.7. The molecule has 0 spiro atoms. The molecule has 9 nitrogen and oxygen atoms in total. The molecular weight excluding hydrogens is 475 g/mol. The monoisotopic (exact) mass is 495 g/mol. The van der Waals surface area contributed by atoms with Crippen LogP contribution in [0.5, 0.6) is 17.2 Å². The average Bonchev–Trinajstić information content (AvgIpc) is 3.29. The number of hydrogen-bond donors (Lipinski definition) is 0. The molecule has 0 unspecified atom stereocenters. The van der Waals surface area contributed by atoms with Crippen molar-refractivity contribution in [2.45, 2.75) is 25.0 Å². The Morgan fingerprint density at radius 3 is 2.59 bits per heavy atom. The highest BCUT2D eigenvalue weighted by atomic mass is 32.2. The van der Waals surface area contributed by atoms with Crippen molar-refractivity contribution in [1.82, 2.24) is 25.1 Å². The Morgan fingerprint density at radius 1 is 1.15 bits per heavy atom. The number of thioether (sulfide) groups is 1. The maximum Gasteiger partial charge on any atom is 0.573 e. The Morgan fingerprint density at radius 2 is 1.88 bits per heavy atom. The van der Waals surface area contributed by atoms with Gasteiger partial charge in [0.05, 0.1) is 11.4 Å². The lowest BCUT2D eigenvalue weighted by atomic mass is 10.2. The normalized spacial score (nSPS) is 12.9. The zero-order chi connectivity index (χ0) is 24.1. The molecular formula is C21H20F3N5O4S. The fraction of sp³-hybridized carbons (Fsp3) is 0.333. The lowest BCUT2D eigenvalue weighted by molar-refractivity contribution is -0.274. The van der Waals surface area contributed by atoms with E-state index < -0.39 is 6.36 Å². The smallest absolute Gasteiger partial charge is 0.486 e. The Balaban J connectivity index is 1.38. The second-order valence-electron chi connectivity index (χ2n) is 7.09. The standard InChI is InChI=1S/C21H20F3N5O4S/c1-2-28(12-14-3-8-17-18(11-14)32-10-9-31-17)19(30)13-34-20-25-26-27-29(20)15-4-6-16(7-5-15)33-21(22,23)24/h3-8,11H,2,9-10,12-13H2,1H3. The van der Waals surface area contributed by atoms with Gasteiger partial charge in [-0.15, -0.1) is 18.3 Å². The van der Waals surface area contributed by atoms with Gasteiger partial charge in [-0.1, -0.05) is 17.8 Å². The van der Waals surface area contributed by atoms with E-state index in [2.05, 4.69) is 20.3 Å². The largest absolute Gasteiger partial charge is 0.573 e. The number of hydrogen-bond acceptors (Lipinski definition) is 8. The van der Waals surface area contributed by atoms with Crippen LogP contribution in [0.15, 0.2) is 47.6 Å². The van der Waals surface area contributed by atoms with E-state index in [4.69, 9.17) is 9.47 Å². The molecule has 3 aromatic rings. The van der Waals surface area contributed by atoms with Gasteiger partial charge in [0, 0.05) is 13.1 Å². The van der Waals surface area contributed by atoms with Crippen molar-refractivity contribution in [3.8, 4) is 22.9 Å². The van der Waals surface area contributed by atoms with Crippen LogP contribution in [-0.4, -0.2) is 62.9 Å². The van der Waals surface area contributed by atoms with Gasteiger partial charge in [0.25, 0.3) is 0 Å². The summed E-state index contributed by atoms with van der Waals surface area (Å²) in [5.74, 6) is 0.947. The third-order valence-electron chi connectivity index (χ3n) is 4.79. The highest BCUT2D eigenvalue weighted by Crippen LogP contribution is 2.31. The molecule has 1 aliphatic heterocycles. The van der Waals surface area contributed by atoms with Gasteiger partial charge in [0.2, 0.25) is 11.1 Å². The number of nitrogens with zero attached hydrogens (tertiary/aromatic N) is 5. The molecule has 0 bridgehead atoms. The first-order valence-electron chi connectivity index (χ1n) is 10.3. The van der Waals surface area contributed by atoms with E-state index in [-0.39, 0.29) is 17.4 Å². The number of aromatic nitrogens is 4. The van der Waals surface area contributed by atoms with Crippen LogP contribution in [0, 0.1) is 0 Å². The highest BCUT2D eigenvalue weighted by molar-refractivity contribution is 7.99. The van der Waals surface area contributed by atoms with Crippen molar-refractivity contribution in [2.75, 3.05) is 25.5 Å². The minimum Gasteiger partial charge on any atom is -0.486 e. The molecule has 4 rings (SSSR count). The number of halogens is 3. The van der Waals surface area contributed by atoms with Gasteiger partial charge < -0.3 is 19.1 Å². The zero-order valence-electron chi connectivity index (χ0n) is 18.0. The number of benzene rings is 2. The fourth-order valence-corrected chi connectivity index (χ4v) is 4.01. The van der Waals surface area contributed by atoms with E-state index in [0.717, 1.165) is 29.5 Å². The zero-order valence-corrected chi connectivity index (χ0v) is 18.8. The van der Waals surface area contributed by atoms with E-state index in [0.29, 0.717) is 48.6 Å². The highest BCUT2D eigenvalue weighted by Gasteiger charge is 2.31. The third kappa shape index (κ3) is 5.90. The van der Waals surface area contributed by atoms with Crippen molar-refractivity contribution in [3.05, 3.63) is 48.0 Å². The number of carbonyl (C=O) groups is 1. The molecule has 2 aromatic carbocycles. The Bertz CT molecular complexity index is 1140. The molecule has 1 amide bonds. The van der Waals surface area contributed by atoms with E-state index in [1.54, 1.807) is 4.90 Å². The van der Waals surface area contributed by atoms with Crippen LogP contribution in [-0.2, 0) is 11.3 Å². The van der Waals surface area contributed by atoms with Crippen LogP contribution in [0.3, 0.4) is 0 Å². The number of alkyl halides is 3. The summed E-state index contributed by atoms with van der Waals surface area (Å²) in [5.41, 5.74) is 1.34. The summed E-state index contributed by atoms with van der Waals surface area (Å²) in [5, 5.41) is 11.7. The van der Waals surface area contributed by atoms with Gasteiger partial charge in [-0.3, -0.25) is 4.79 Å². The van der Waals surface area contributed by atoms with Gasteiger partial charge in [0.1, 0.15) is 19.0 Å². The molecule has 180 valence electrons. The van der Waals surface area contributed by atoms with Crippen LogP contribution >= 0.6 is 11.8 Å². The number of fused-ring (bicyclic) bond motifs is 1. The first-order chi connectivity index (χ1) is 16.3. The Labute approximate surface area is 196 Å². The summed E-state index contributed by atoms with van der Waals surface area (Å²) in [7, 11) is 0. The lowest BCUT2D eigenvalue weighted by Gasteiger charge is -2.23. The minimum absolute atomic E-state index is 0.0774. The lowest BCUT2D eigenvalue weighted by Crippen LogP contribution is -2.31. The van der Waals surface area contributed by atoms with E-state index in [1.165, 1.54) is 16.8 Å². The van der Waals surface area contributed by atoms with Crippen molar-refractivity contribution < 1.29 is 32.2 Å². The summed E-state index contributed by atoms with van der Waals surface area (Å²) in [6.45, 7) is 3.78. The summed E-state index contributed by atoms with van der Waals surface area (Å²) in [6, 6.07) is 10.7. The fourth-order valence-electron chi connectivity index (χ4n) is 3.22. The molecule has 0 aliphatic carbocycles. The predicted molar refractivity (Wildman–Crippen MR) is 115 cm³/mol. The third-order valence-corrected chi connectivity index (χ3v) is 5.70. The number of ether oxygens (including phenoxy) is 3. The van der Waals surface area contributed by atoms with Crippen molar-refractivity contribution in [3.63, 3.8) is 0 Å². The van der Waals surface area contributed by atoms with Gasteiger partial charge in [-0.05, 0) is 59.3 Å². The molecule has 0 N–H and O–H groups in total. The number of carbonyl (C=O) groups excluding carboxylic acids is 1. The van der Waals surface area contributed by atoms with Crippen LogP contribution in [0.25, 0.3) is 5.69 Å². The molecule has 34 heavy (non-hydrogen) atoms. The van der Waals surface area contributed by atoms with Crippen molar-refractivity contribution in [1.29, 1.82) is 0 Å². The summed E-state index contributed by atoms with van der Waals surface area (Å²) in [4.78, 5) is 14.5. The second-order valence-corrected chi connectivity index (χ2v) is 8.03. The van der Waals surface area contributed by atoms with Gasteiger partial charge in [-0.2, -0.15) is 4.68 Å². The minimum atomic E-state index is -4.78. The molecule has 0 radical (unpaired) electrons. The summed E-state index contributed by atoms with van der Waals surface area (Å²) >= 11 is 1.13. The molecule has 0 saturated heterocycles. The molecule has 2 heterocycles. The molecule has 0 saturated carbocycles. The maximum atomic E-state index is 12.8. The van der Waals surface area contributed by atoms with Crippen molar-refractivity contribution >= 4 is 17.7 Å². The average molecular weight is 495 g/mol. The first-order valence-corrected chi connectivity index (χ1v) is 11.2. The quantitative estimate of drug-likeness (QED) is 0.439. The number of amides is 1. The predicted octanol–water partition coefficient (Wildman–Crippen LogP) is 3.47. The molecule has 1 aromatic heterocycles.